The van der Waals surface area contributed by atoms with Crippen LogP contribution < -0.4 is 10.1 Å². The van der Waals surface area contributed by atoms with Gasteiger partial charge in [-0.1, -0.05) is 39.0 Å². The van der Waals surface area contributed by atoms with Crippen LogP contribution in [0.3, 0.4) is 0 Å². The van der Waals surface area contributed by atoms with Gasteiger partial charge in [-0.3, -0.25) is 4.79 Å². The van der Waals surface area contributed by atoms with E-state index in [0.717, 1.165) is 42.1 Å². The average Bonchev–Trinajstić information content (AvgIpc) is 2.61. The first-order valence-electron chi connectivity index (χ1n) is 9.51. The van der Waals surface area contributed by atoms with Crippen LogP contribution in [-0.4, -0.2) is 44.9 Å². The molecule has 0 radical (unpaired) electrons. The topological polar surface area (TPSA) is 75.7 Å². The molecule has 0 aromatic heterocycles. The molecule has 1 aromatic rings. The lowest BCUT2D eigenvalue weighted by Crippen LogP contribution is -2.44. The largest absolute Gasteiger partial charge is 0.495 e. The van der Waals surface area contributed by atoms with Crippen molar-refractivity contribution in [2.45, 2.75) is 62.8 Å². The highest BCUT2D eigenvalue weighted by molar-refractivity contribution is 7.89. The molecule has 0 heterocycles. The number of halogens is 1. The van der Waals surface area contributed by atoms with Crippen LogP contribution in [-0.2, 0) is 14.8 Å². The van der Waals surface area contributed by atoms with Crippen molar-refractivity contribution >= 4 is 15.9 Å². The van der Waals surface area contributed by atoms with Crippen LogP contribution in [0.25, 0.3) is 0 Å². The fourth-order valence-electron chi connectivity index (χ4n) is 3.39. The summed E-state index contributed by atoms with van der Waals surface area (Å²) in [5.41, 5.74) is 0. The minimum atomic E-state index is -4.06. The number of carbonyl (C=O) groups excluding carboxylic acids is 1. The second kappa shape index (κ2) is 10.0. The third kappa shape index (κ3) is 5.90. The average molecular weight is 401 g/mol. The maximum absolute atomic E-state index is 13.6. The van der Waals surface area contributed by atoms with Crippen molar-refractivity contribution in [1.82, 2.24) is 9.62 Å². The van der Waals surface area contributed by atoms with Crippen molar-refractivity contribution in [3.63, 3.8) is 0 Å². The lowest BCUT2D eigenvalue weighted by molar-refractivity contribution is -0.122. The van der Waals surface area contributed by atoms with Crippen LogP contribution in [0.1, 0.15) is 51.9 Å². The molecule has 1 aliphatic carbocycles. The highest BCUT2D eigenvalue weighted by atomic mass is 32.2. The van der Waals surface area contributed by atoms with E-state index in [2.05, 4.69) is 5.32 Å². The third-order valence-corrected chi connectivity index (χ3v) is 6.83. The van der Waals surface area contributed by atoms with E-state index in [1.165, 1.54) is 32.4 Å². The molecule has 1 amide bonds. The smallest absolute Gasteiger partial charge is 0.247 e. The zero-order chi connectivity index (χ0) is 19.9. The number of likely N-dealkylation sites (N-methyl/N-ethyl adjacent to an activating group) is 1. The van der Waals surface area contributed by atoms with Gasteiger partial charge in [-0.15, -0.1) is 0 Å². The zero-order valence-electron chi connectivity index (χ0n) is 16.0. The predicted molar refractivity (Wildman–Crippen MR) is 102 cm³/mol. The number of rotatable bonds is 7. The summed E-state index contributed by atoms with van der Waals surface area (Å²) in [7, 11) is -2.73. The second-order valence-electron chi connectivity index (χ2n) is 6.84. The zero-order valence-corrected chi connectivity index (χ0v) is 16.9. The monoisotopic (exact) mass is 400 g/mol. The molecule has 0 atom stereocenters. The molecule has 27 heavy (non-hydrogen) atoms. The number of amides is 1. The number of sulfonamides is 1. The Morgan fingerprint density at radius 1 is 1.22 bits per heavy atom. The number of ether oxygens (including phenoxy) is 1. The Morgan fingerprint density at radius 3 is 2.44 bits per heavy atom. The fraction of sp³-hybridized carbons (Fsp3) is 0.632. The molecule has 8 heteroatoms. The number of nitrogens with one attached hydrogen (secondary N) is 1. The Balaban J connectivity index is 2.10. The van der Waals surface area contributed by atoms with Gasteiger partial charge in [0.15, 0.2) is 0 Å². The van der Waals surface area contributed by atoms with E-state index in [4.69, 9.17) is 4.74 Å². The summed E-state index contributed by atoms with van der Waals surface area (Å²) in [6.07, 6.45) is 7.55. The molecule has 1 aromatic carbocycles. The summed E-state index contributed by atoms with van der Waals surface area (Å²) in [6.45, 7) is 1.45. The van der Waals surface area contributed by atoms with Crippen molar-refractivity contribution in [3.05, 3.63) is 24.0 Å². The van der Waals surface area contributed by atoms with E-state index in [-0.39, 0.29) is 35.7 Å². The Bertz CT molecular complexity index is 731. The number of nitrogens with zero attached hydrogens (tertiary/aromatic N) is 1. The van der Waals surface area contributed by atoms with Gasteiger partial charge in [0.1, 0.15) is 16.5 Å². The van der Waals surface area contributed by atoms with Crippen LogP contribution in [0.5, 0.6) is 5.75 Å². The molecular weight excluding hydrogens is 371 g/mol. The molecule has 0 aliphatic heterocycles. The number of methoxy groups -OCH3 is 1. The van der Waals surface area contributed by atoms with Gasteiger partial charge < -0.3 is 10.1 Å². The highest BCUT2D eigenvalue weighted by Gasteiger charge is 2.29. The fourth-order valence-corrected chi connectivity index (χ4v) is 4.96. The molecule has 0 spiro atoms. The van der Waals surface area contributed by atoms with E-state index in [1.807, 2.05) is 0 Å². The quantitative estimate of drug-likeness (QED) is 0.763. The Morgan fingerprint density at radius 2 is 1.85 bits per heavy atom. The molecule has 0 saturated heterocycles. The van der Waals surface area contributed by atoms with Crippen molar-refractivity contribution in [2.75, 3.05) is 20.2 Å². The number of carbonyl (C=O) groups is 1. The van der Waals surface area contributed by atoms with Crippen LogP contribution in [0, 0.1) is 5.82 Å². The van der Waals surface area contributed by atoms with Crippen LogP contribution in [0.2, 0.25) is 0 Å². The minimum Gasteiger partial charge on any atom is -0.495 e. The Hall–Kier alpha value is -1.67. The van der Waals surface area contributed by atoms with Gasteiger partial charge >= 0.3 is 0 Å². The summed E-state index contributed by atoms with van der Waals surface area (Å²) in [5, 5.41) is 2.96. The normalized spacial score (nSPS) is 16.6. The lowest BCUT2D eigenvalue weighted by Gasteiger charge is -2.24. The van der Waals surface area contributed by atoms with E-state index >= 15 is 0 Å². The Kier molecular flexibility index (Phi) is 8.04. The minimum absolute atomic E-state index is 0.0512. The van der Waals surface area contributed by atoms with E-state index in [9.17, 15) is 17.6 Å². The molecule has 0 bridgehead atoms. The maximum Gasteiger partial charge on any atom is 0.247 e. The summed E-state index contributed by atoms with van der Waals surface area (Å²) in [4.78, 5) is 12.2. The molecular formula is C19H29FN2O4S. The first kappa shape index (κ1) is 21.6. The first-order valence-corrected chi connectivity index (χ1v) is 11.0. The van der Waals surface area contributed by atoms with Crippen molar-refractivity contribution < 1.29 is 22.3 Å². The summed E-state index contributed by atoms with van der Waals surface area (Å²) in [6, 6.07) is 3.41. The van der Waals surface area contributed by atoms with Crippen LogP contribution in [0.15, 0.2) is 23.1 Å². The standard InChI is InChI=1S/C19H29FN2O4S/c1-3-22(14-19(23)21-16-9-7-5-4-6-8-10-16)27(24,25)18-13-15(20)11-12-17(18)26-2/h11-13,16H,3-10,14H2,1-2H3,(H,21,23). The second-order valence-corrected chi connectivity index (χ2v) is 8.74. The highest BCUT2D eigenvalue weighted by Crippen LogP contribution is 2.27. The van der Waals surface area contributed by atoms with Gasteiger partial charge in [-0.25, -0.2) is 12.8 Å². The van der Waals surface area contributed by atoms with Crippen LogP contribution in [0.4, 0.5) is 4.39 Å². The van der Waals surface area contributed by atoms with Gasteiger partial charge in [0.05, 0.1) is 13.7 Å². The summed E-state index contributed by atoms with van der Waals surface area (Å²) in [5.74, 6) is -0.957. The molecule has 6 nitrogen and oxygen atoms in total. The van der Waals surface area contributed by atoms with Crippen molar-refractivity contribution in [1.29, 1.82) is 0 Å². The van der Waals surface area contributed by atoms with Crippen molar-refractivity contribution in [3.8, 4) is 5.75 Å². The predicted octanol–water partition coefficient (Wildman–Crippen LogP) is 3.07. The molecule has 1 N–H and O–H groups in total. The van der Waals surface area contributed by atoms with Gasteiger partial charge in [0, 0.05) is 12.6 Å². The van der Waals surface area contributed by atoms with E-state index in [1.54, 1.807) is 6.92 Å². The van der Waals surface area contributed by atoms with E-state index < -0.39 is 15.8 Å². The summed E-state index contributed by atoms with van der Waals surface area (Å²) < 4.78 is 45.6. The van der Waals surface area contributed by atoms with Gasteiger partial charge in [-0.2, -0.15) is 4.31 Å². The molecule has 1 fully saturated rings. The molecule has 1 saturated carbocycles. The van der Waals surface area contributed by atoms with E-state index in [0.29, 0.717) is 0 Å². The van der Waals surface area contributed by atoms with Gasteiger partial charge in [-0.05, 0) is 31.0 Å². The SMILES string of the molecule is CCN(CC(=O)NC1CCCCCCC1)S(=O)(=O)c1cc(F)ccc1OC. The Labute approximate surface area is 161 Å². The van der Waals surface area contributed by atoms with Crippen molar-refractivity contribution in [2.24, 2.45) is 0 Å². The lowest BCUT2D eigenvalue weighted by atomic mass is 9.97. The molecule has 152 valence electrons. The van der Waals surface area contributed by atoms with Crippen LogP contribution >= 0.6 is 0 Å². The van der Waals surface area contributed by atoms with Gasteiger partial charge in [0.2, 0.25) is 15.9 Å². The number of hydrogen-bond donors (Lipinski definition) is 1. The molecule has 2 rings (SSSR count). The summed E-state index contributed by atoms with van der Waals surface area (Å²) >= 11 is 0. The molecule has 0 unspecified atom stereocenters. The maximum atomic E-state index is 13.6. The number of hydrogen-bond acceptors (Lipinski definition) is 4. The van der Waals surface area contributed by atoms with Gasteiger partial charge in [0.25, 0.3) is 0 Å². The molecule has 1 aliphatic rings. The first-order chi connectivity index (χ1) is 12.9. The third-order valence-electron chi connectivity index (χ3n) is 4.89. The number of benzene rings is 1.